The fourth-order valence-electron chi connectivity index (χ4n) is 5.44. The van der Waals surface area contributed by atoms with Gasteiger partial charge in [-0.1, -0.05) is 72.8 Å². The molecule has 4 heteroatoms. The van der Waals surface area contributed by atoms with Gasteiger partial charge in [0, 0.05) is 24.4 Å². The summed E-state index contributed by atoms with van der Waals surface area (Å²) in [5.74, 6) is 0.424. The van der Waals surface area contributed by atoms with E-state index in [1.54, 1.807) is 0 Å². The van der Waals surface area contributed by atoms with Gasteiger partial charge in [0.05, 0.1) is 19.0 Å². The average Bonchev–Trinajstić information content (AvgIpc) is 2.75. The number of hydrogen-bond acceptors (Lipinski definition) is 1. The summed E-state index contributed by atoms with van der Waals surface area (Å²) in [6, 6.07) is 32.0. The van der Waals surface area contributed by atoms with E-state index in [1.807, 2.05) is 0 Å². The standard InChI is InChI=1S/C25H27N2.2ClH/c26-20-15-16-27(21-11-5-2-6-12-21)18-24(19-9-3-1-4-10-19)22-13-7-8-14-23(22)25(27)17-20;;/h1-14,20,24-25H,15-18,26H2;2*1H/q+1;;/t20-,24+,25+,27?;;/m1../s1. The van der Waals surface area contributed by atoms with Crippen LogP contribution in [0.4, 0.5) is 5.69 Å². The van der Waals surface area contributed by atoms with Crippen molar-refractivity contribution in [2.24, 2.45) is 5.73 Å². The van der Waals surface area contributed by atoms with E-state index in [1.165, 1.54) is 22.4 Å². The molecule has 2 N–H and O–H groups in total. The van der Waals surface area contributed by atoms with E-state index in [9.17, 15) is 0 Å². The van der Waals surface area contributed by atoms with Crippen LogP contribution in [0.1, 0.15) is 41.5 Å². The molecule has 2 aliphatic rings. The van der Waals surface area contributed by atoms with E-state index in [4.69, 9.17) is 5.73 Å². The zero-order chi connectivity index (χ0) is 18.3. The normalized spacial score (nSPS) is 27.6. The van der Waals surface area contributed by atoms with Crippen LogP contribution in [0.5, 0.6) is 0 Å². The fraction of sp³-hybridized carbons (Fsp3) is 0.280. The fourth-order valence-corrected chi connectivity index (χ4v) is 5.44. The first-order valence-electron chi connectivity index (χ1n) is 10.1. The summed E-state index contributed by atoms with van der Waals surface area (Å²) in [4.78, 5) is 0. The maximum absolute atomic E-state index is 6.47. The topological polar surface area (TPSA) is 26.0 Å². The van der Waals surface area contributed by atoms with Crippen molar-refractivity contribution < 1.29 is 0 Å². The highest BCUT2D eigenvalue weighted by Crippen LogP contribution is 2.50. The van der Waals surface area contributed by atoms with Crippen LogP contribution in [0.15, 0.2) is 84.9 Å². The first kappa shape index (κ1) is 21.9. The van der Waals surface area contributed by atoms with Gasteiger partial charge in [0.25, 0.3) is 0 Å². The van der Waals surface area contributed by atoms with E-state index in [0.717, 1.165) is 30.4 Å². The summed E-state index contributed by atoms with van der Waals surface area (Å²) in [5, 5.41) is 0. The van der Waals surface area contributed by atoms with Crippen LogP contribution in [0.25, 0.3) is 0 Å². The molecule has 2 aliphatic heterocycles. The predicted molar refractivity (Wildman–Crippen MR) is 127 cm³/mol. The number of halogens is 2. The Balaban J connectivity index is 0.00000120. The lowest BCUT2D eigenvalue weighted by Crippen LogP contribution is -2.62. The van der Waals surface area contributed by atoms with Crippen molar-refractivity contribution in [3.8, 4) is 0 Å². The van der Waals surface area contributed by atoms with Crippen molar-refractivity contribution in [3.63, 3.8) is 0 Å². The molecule has 1 unspecified atom stereocenters. The molecule has 3 aromatic carbocycles. The minimum Gasteiger partial charge on any atom is -0.327 e. The number of nitrogens with two attached hydrogens (primary N) is 1. The second-order valence-electron chi connectivity index (χ2n) is 8.17. The maximum Gasteiger partial charge on any atom is 0.133 e. The van der Waals surface area contributed by atoms with Gasteiger partial charge in [0.2, 0.25) is 0 Å². The minimum atomic E-state index is 0. The molecule has 0 aliphatic carbocycles. The average molecular weight is 428 g/mol. The smallest absolute Gasteiger partial charge is 0.133 e. The van der Waals surface area contributed by atoms with E-state index in [0.29, 0.717) is 18.0 Å². The van der Waals surface area contributed by atoms with Gasteiger partial charge in [-0.25, -0.2) is 0 Å². The highest BCUT2D eigenvalue weighted by Gasteiger charge is 2.50. The Morgan fingerprint density at radius 1 is 0.724 bits per heavy atom. The Kier molecular flexibility index (Phi) is 6.70. The Labute approximate surface area is 186 Å². The number of quaternary nitrogens is 1. The summed E-state index contributed by atoms with van der Waals surface area (Å²) < 4.78 is 1.03. The van der Waals surface area contributed by atoms with E-state index in [-0.39, 0.29) is 24.8 Å². The number of benzene rings is 3. The second kappa shape index (κ2) is 8.89. The highest BCUT2D eigenvalue weighted by atomic mass is 35.5. The molecule has 3 aromatic rings. The molecule has 0 bridgehead atoms. The molecule has 0 aromatic heterocycles. The molecule has 1 fully saturated rings. The Morgan fingerprint density at radius 2 is 1.31 bits per heavy atom. The number of para-hydroxylation sites is 1. The SMILES string of the molecule is Cl.Cl.N[C@@H]1CC[N+]2(c3ccccc3)C[C@@H](c3ccccc3)c3ccccc3[C@@H]2C1. The van der Waals surface area contributed by atoms with Gasteiger partial charge < -0.3 is 5.73 Å². The highest BCUT2D eigenvalue weighted by molar-refractivity contribution is 5.85. The third-order valence-corrected chi connectivity index (χ3v) is 6.73. The predicted octanol–water partition coefficient (Wildman–Crippen LogP) is 5.85. The molecule has 152 valence electrons. The summed E-state index contributed by atoms with van der Waals surface area (Å²) in [7, 11) is 0. The van der Waals surface area contributed by atoms with Gasteiger partial charge in [0.1, 0.15) is 11.7 Å². The van der Waals surface area contributed by atoms with Crippen LogP contribution in [-0.2, 0) is 0 Å². The monoisotopic (exact) mass is 427 g/mol. The zero-order valence-electron chi connectivity index (χ0n) is 16.5. The molecule has 2 heterocycles. The Hall–Kier alpha value is -1.84. The molecule has 0 radical (unpaired) electrons. The van der Waals surface area contributed by atoms with Gasteiger partial charge in [-0.3, -0.25) is 4.48 Å². The molecule has 0 spiro atoms. The van der Waals surface area contributed by atoms with E-state index >= 15 is 0 Å². The van der Waals surface area contributed by atoms with Gasteiger partial charge >= 0.3 is 0 Å². The number of piperidine rings is 1. The van der Waals surface area contributed by atoms with Crippen LogP contribution < -0.4 is 10.2 Å². The lowest BCUT2D eigenvalue weighted by Gasteiger charge is -2.53. The van der Waals surface area contributed by atoms with E-state index in [2.05, 4.69) is 84.9 Å². The third-order valence-electron chi connectivity index (χ3n) is 6.73. The summed E-state index contributed by atoms with van der Waals surface area (Å²) in [5.41, 5.74) is 12.3. The van der Waals surface area contributed by atoms with Crippen molar-refractivity contribution in [2.75, 3.05) is 13.1 Å². The molecule has 1 saturated heterocycles. The quantitative estimate of drug-likeness (QED) is 0.510. The second-order valence-corrected chi connectivity index (χ2v) is 8.17. The molecule has 5 rings (SSSR count). The number of hydrogen-bond donors (Lipinski definition) is 1. The Morgan fingerprint density at radius 3 is 2.00 bits per heavy atom. The maximum atomic E-state index is 6.47. The largest absolute Gasteiger partial charge is 0.327 e. The zero-order valence-corrected chi connectivity index (χ0v) is 18.1. The first-order valence-corrected chi connectivity index (χ1v) is 10.1. The van der Waals surface area contributed by atoms with Crippen molar-refractivity contribution in [1.82, 2.24) is 4.48 Å². The van der Waals surface area contributed by atoms with E-state index < -0.39 is 0 Å². The molecule has 4 atom stereocenters. The summed E-state index contributed by atoms with van der Waals surface area (Å²) in [6.45, 7) is 2.23. The van der Waals surface area contributed by atoms with Crippen LogP contribution in [-0.4, -0.2) is 19.1 Å². The van der Waals surface area contributed by atoms with Gasteiger partial charge in [-0.15, -0.1) is 24.8 Å². The summed E-state index contributed by atoms with van der Waals surface area (Å²) in [6.07, 6.45) is 2.16. The van der Waals surface area contributed by atoms with Crippen molar-refractivity contribution in [2.45, 2.75) is 30.8 Å². The van der Waals surface area contributed by atoms with Gasteiger partial charge in [-0.05, 0) is 23.3 Å². The van der Waals surface area contributed by atoms with Crippen molar-refractivity contribution in [1.29, 1.82) is 0 Å². The van der Waals surface area contributed by atoms with Gasteiger partial charge in [0.15, 0.2) is 0 Å². The van der Waals surface area contributed by atoms with Crippen molar-refractivity contribution in [3.05, 3.63) is 102 Å². The third kappa shape index (κ3) is 3.71. The lowest BCUT2D eigenvalue weighted by molar-refractivity contribution is 0.122. The van der Waals surface area contributed by atoms with Gasteiger partial charge in [-0.2, -0.15) is 0 Å². The molecular weight excluding hydrogens is 399 g/mol. The molecule has 0 amide bonds. The number of nitrogens with zero attached hydrogens (tertiary/aromatic N) is 1. The molecular formula is C25H29Cl2N2+. The number of fused-ring (bicyclic) bond motifs is 3. The van der Waals surface area contributed by atoms with Crippen molar-refractivity contribution >= 4 is 30.5 Å². The minimum absolute atomic E-state index is 0. The van der Waals surface area contributed by atoms with Crippen LogP contribution in [0, 0.1) is 0 Å². The van der Waals surface area contributed by atoms with Crippen LogP contribution in [0.3, 0.4) is 0 Å². The Bertz CT molecular complexity index is 932. The molecule has 0 saturated carbocycles. The molecule has 29 heavy (non-hydrogen) atoms. The number of rotatable bonds is 2. The summed E-state index contributed by atoms with van der Waals surface area (Å²) >= 11 is 0. The van der Waals surface area contributed by atoms with Crippen LogP contribution >= 0.6 is 24.8 Å². The first-order chi connectivity index (χ1) is 13.3. The molecule has 2 nitrogen and oxygen atoms in total. The van der Waals surface area contributed by atoms with Crippen LogP contribution in [0.2, 0.25) is 0 Å². The lowest BCUT2D eigenvalue weighted by atomic mass is 9.75.